The molecule has 0 aromatic heterocycles. The molecule has 2 aromatic rings. The molecule has 0 aliphatic heterocycles. The highest BCUT2D eigenvalue weighted by Crippen LogP contribution is 2.31. The first-order valence-electron chi connectivity index (χ1n) is 5.88. The van der Waals surface area contributed by atoms with E-state index in [0.717, 1.165) is 10.0 Å². The molecule has 0 bridgehead atoms. The minimum atomic E-state index is -0.137. The highest BCUT2D eigenvalue weighted by atomic mass is 79.9. The van der Waals surface area contributed by atoms with E-state index in [1.807, 2.05) is 13.0 Å². The van der Waals surface area contributed by atoms with Crippen LogP contribution in [0.25, 0.3) is 0 Å². The van der Waals surface area contributed by atoms with E-state index < -0.39 is 0 Å². The van der Waals surface area contributed by atoms with Gasteiger partial charge in [-0.05, 0) is 42.8 Å². The molecule has 0 radical (unpaired) electrons. The van der Waals surface area contributed by atoms with Crippen LogP contribution in [0.3, 0.4) is 0 Å². The summed E-state index contributed by atoms with van der Waals surface area (Å²) in [4.78, 5) is 12.7. The van der Waals surface area contributed by atoms with Gasteiger partial charge in [0.25, 0.3) is 0 Å². The van der Waals surface area contributed by atoms with E-state index in [-0.39, 0.29) is 5.78 Å². The number of hydrogen-bond donors (Lipinski definition) is 1. The quantitative estimate of drug-likeness (QED) is 0.617. The van der Waals surface area contributed by atoms with Crippen LogP contribution in [0.4, 0.5) is 5.69 Å². The van der Waals surface area contributed by atoms with Crippen molar-refractivity contribution in [2.45, 2.75) is 6.92 Å². The van der Waals surface area contributed by atoms with Crippen molar-refractivity contribution in [3.05, 3.63) is 56.0 Å². The molecule has 0 aliphatic carbocycles. The molecule has 20 heavy (non-hydrogen) atoms. The number of rotatable bonds is 3. The van der Waals surface area contributed by atoms with Crippen molar-refractivity contribution in [1.82, 2.24) is 0 Å². The van der Waals surface area contributed by atoms with Crippen molar-refractivity contribution in [3.8, 4) is 5.75 Å². The van der Waals surface area contributed by atoms with Gasteiger partial charge in [-0.25, -0.2) is 0 Å². The van der Waals surface area contributed by atoms with Crippen molar-refractivity contribution >= 4 is 43.3 Å². The van der Waals surface area contributed by atoms with Gasteiger partial charge in [-0.2, -0.15) is 0 Å². The van der Waals surface area contributed by atoms with Crippen molar-refractivity contribution in [1.29, 1.82) is 0 Å². The van der Waals surface area contributed by atoms with E-state index in [1.54, 1.807) is 31.4 Å². The zero-order valence-electron chi connectivity index (χ0n) is 11.0. The van der Waals surface area contributed by atoms with Gasteiger partial charge in [0, 0.05) is 20.2 Å². The Labute approximate surface area is 134 Å². The fraction of sp³-hybridized carbons (Fsp3) is 0.133. The second-order valence-electron chi connectivity index (χ2n) is 4.37. The standard InChI is InChI=1S/C15H13Br2NO2/c1-8-5-14(20-2)11(7-13(8)17)15(19)10-6-9(18)3-4-12(10)16/h3-7H,18H2,1-2H3. The lowest BCUT2D eigenvalue weighted by Gasteiger charge is -2.11. The minimum Gasteiger partial charge on any atom is -0.496 e. The number of anilines is 1. The number of nitrogen functional groups attached to an aromatic ring is 1. The van der Waals surface area contributed by atoms with E-state index >= 15 is 0 Å². The maximum atomic E-state index is 12.7. The van der Waals surface area contributed by atoms with Crippen molar-refractivity contribution in [3.63, 3.8) is 0 Å². The van der Waals surface area contributed by atoms with E-state index in [0.29, 0.717) is 27.0 Å². The first kappa shape index (κ1) is 15.1. The number of carbonyl (C=O) groups is 1. The van der Waals surface area contributed by atoms with Gasteiger partial charge in [-0.15, -0.1) is 0 Å². The van der Waals surface area contributed by atoms with Crippen molar-refractivity contribution in [2.24, 2.45) is 0 Å². The minimum absolute atomic E-state index is 0.137. The summed E-state index contributed by atoms with van der Waals surface area (Å²) in [6, 6.07) is 8.75. The lowest BCUT2D eigenvalue weighted by molar-refractivity contribution is 0.103. The maximum Gasteiger partial charge on any atom is 0.198 e. The first-order valence-corrected chi connectivity index (χ1v) is 7.46. The molecule has 0 fully saturated rings. The third kappa shape index (κ3) is 2.88. The van der Waals surface area contributed by atoms with E-state index in [9.17, 15) is 4.79 Å². The molecule has 0 heterocycles. The third-order valence-electron chi connectivity index (χ3n) is 2.96. The van der Waals surface area contributed by atoms with Gasteiger partial charge >= 0.3 is 0 Å². The molecule has 2 N–H and O–H groups in total. The van der Waals surface area contributed by atoms with E-state index in [1.165, 1.54) is 0 Å². The average molecular weight is 399 g/mol. The molecule has 0 aliphatic rings. The Bertz CT molecular complexity index is 684. The summed E-state index contributed by atoms with van der Waals surface area (Å²) in [5.74, 6) is 0.409. The number of benzene rings is 2. The number of halogens is 2. The number of aryl methyl sites for hydroxylation is 1. The fourth-order valence-corrected chi connectivity index (χ4v) is 2.63. The number of ketones is 1. The Balaban J connectivity index is 2.58. The molecule has 0 atom stereocenters. The van der Waals surface area contributed by atoms with Crippen LogP contribution in [-0.2, 0) is 0 Å². The zero-order chi connectivity index (χ0) is 14.9. The van der Waals surface area contributed by atoms with Gasteiger partial charge < -0.3 is 10.5 Å². The van der Waals surface area contributed by atoms with Crippen LogP contribution >= 0.6 is 31.9 Å². The maximum absolute atomic E-state index is 12.7. The van der Waals surface area contributed by atoms with E-state index in [4.69, 9.17) is 10.5 Å². The highest BCUT2D eigenvalue weighted by Gasteiger charge is 2.18. The Morgan fingerprint density at radius 1 is 1.10 bits per heavy atom. The normalized spacial score (nSPS) is 10.4. The largest absolute Gasteiger partial charge is 0.496 e. The molecule has 5 heteroatoms. The summed E-state index contributed by atoms with van der Waals surface area (Å²) in [5, 5.41) is 0. The van der Waals surface area contributed by atoms with Gasteiger partial charge in [-0.3, -0.25) is 4.79 Å². The fourth-order valence-electron chi connectivity index (χ4n) is 1.86. The van der Waals surface area contributed by atoms with Crippen LogP contribution < -0.4 is 10.5 Å². The summed E-state index contributed by atoms with van der Waals surface area (Å²) in [5.41, 5.74) is 8.31. The smallest absolute Gasteiger partial charge is 0.198 e. The lowest BCUT2D eigenvalue weighted by Crippen LogP contribution is -2.06. The van der Waals surface area contributed by atoms with Crippen LogP contribution in [0, 0.1) is 6.92 Å². The molecular weight excluding hydrogens is 386 g/mol. The lowest BCUT2D eigenvalue weighted by atomic mass is 10.0. The summed E-state index contributed by atoms with van der Waals surface area (Å²) < 4.78 is 6.87. The zero-order valence-corrected chi connectivity index (χ0v) is 14.2. The molecule has 104 valence electrons. The second kappa shape index (κ2) is 5.97. The second-order valence-corrected chi connectivity index (χ2v) is 6.08. The predicted molar refractivity (Wildman–Crippen MR) is 87.4 cm³/mol. The number of methoxy groups -OCH3 is 1. The van der Waals surface area contributed by atoms with Crippen LogP contribution in [0.15, 0.2) is 39.3 Å². The van der Waals surface area contributed by atoms with Gasteiger partial charge in [0.05, 0.1) is 12.7 Å². The Kier molecular flexibility index (Phi) is 4.50. The monoisotopic (exact) mass is 397 g/mol. The molecule has 0 saturated heterocycles. The van der Waals surface area contributed by atoms with Gasteiger partial charge in [0.2, 0.25) is 0 Å². The topological polar surface area (TPSA) is 52.3 Å². The number of ether oxygens (including phenoxy) is 1. The Morgan fingerprint density at radius 3 is 2.45 bits per heavy atom. The molecular formula is C15H13Br2NO2. The average Bonchev–Trinajstić information content (AvgIpc) is 2.43. The van der Waals surface area contributed by atoms with Crippen LogP contribution in [0.5, 0.6) is 5.75 Å². The van der Waals surface area contributed by atoms with Crippen molar-refractivity contribution < 1.29 is 9.53 Å². The summed E-state index contributed by atoms with van der Waals surface area (Å²) >= 11 is 6.82. The number of carbonyl (C=O) groups excluding carboxylic acids is 1. The van der Waals surface area contributed by atoms with Crippen LogP contribution in [-0.4, -0.2) is 12.9 Å². The van der Waals surface area contributed by atoms with Crippen LogP contribution in [0.2, 0.25) is 0 Å². The Morgan fingerprint density at radius 2 is 1.80 bits per heavy atom. The molecule has 0 amide bonds. The summed E-state index contributed by atoms with van der Waals surface area (Å²) in [6.07, 6.45) is 0. The van der Waals surface area contributed by atoms with Crippen LogP contribution in [0.1, 0.15) is 21.5 Å². The predicted octanol–water partition coefficient (Wildman–Crippen LogP) is 4.34. The number of nitrogens with two attached hydrogens (primary N) is 1. The first-order chi connectivity index (χ1) is 9.43. The SMILES string of the molecule is COc1cc(C)c(Br)cc1C(=O)c1cc(N)ccc1Br. The van der Waals surface area contributed by atoms with Gasteiger partial charge in [0.15, 0.2) is 5.78 Å². The molecule has 0 unspecified atom stereocenters. The molecule has 0 spiro atoms. The van der Waals surface area contributed by atoms with Crippen molar-refractivity contribution in [2.75, 3.05) is 12.8 Å². The third-order valence-corrected chi connectivity index (χ3v) is 4.51. The molecule has 0 saturated carbocycles. The number of hydrogen-bond acceptors (Lipinski definition) is 3. The highest BCUT2D eigenvalue weighted by molar-refractivity contribution is 9.10. The van der Waals surface area contributed by atoms with E-state index in [2.05, 4.69) is 31.9 Å². The summed E-state index contributed by atoms with van der Waals surface area (Å²) in [6.45, 7) is 1.94. The summed E-state index contributed by atoms with van der Waals surface area (Å²) in [7, 11) is 1.55. The van der Waals surface area contributed by atoms with Gasteiger partial charge in [-0.1, -0.05) is 31.9 Å². The van der Waals surface area contributed by atoms with Gasteiger partial charge in [0.1, 0.15) is 5.75 Å². The molecule has 2 rings (SSSR count). The molecule has 2 aromatic carbocycles. The molecule has 3 nitrogen and oxygen atoms in total. The Hall–Kier alpha value is -1.33.